The highest BCUT2D eigenvalue weighted by molar-refractivity contribution is 7.12. The van der Waals surface area contributed by atoms with E-state index in [1.807, 2.05) is 13.8 Å². The number of aliphatic carboxylic acids is 1. The van der Waals surface area contributed by atoms with E-state index >= 15 is 0 Å². The lowest BCUT2D eigenvalue weighted by molar-refractivity contribution is -0.139. The van der Waals surface area contributed by atoms with Crippen LogP contribution in [0.4, 0.5) is 0 Å². The molecule has 19 heavy (non-hydrogen) atoms. The van der Waals surface area contributed by atoms with Crippen LogP contribution in [-0.4, -0.2) is 28.9 Å². The first-order chi connectivity index (χ1) is 8.81. The van der Waals surface area contributed by atoms with Gasteiger partial charge >= 0.3 is 5.97 Å². The predicted octanol–water partition coefficient (Wildman–Crippen LogP) is 1.08. The topological polar surface area (TPSA) is 109 Å². The van der Waals surface area contributed by atoms with E-state index < -0.39 is 23.8 Å². The second-order valence-corrected chi connectivity index (χ2v) is 5.47. The summed E-state index contributed by atoms with van der Waals surface area (Å²) >= 11 is 1.05. The number of carboxylic acids is 1. The molecule has 0 saturated carbocycles. The van der Waals surface area contributed by atoms with Crippen LogP contribution >= 0.6 is 11.3 Å². The van der Waals surface area contributed by atoms with Crippen molar-refractivity contribution >= 4 is 29.1 Å². The van der Waals surface area contributed by atoms with Crippen molar-refractivity contribution in [3.05, 3.63) is 21.9 Å². The zero-order valence-corrected chi connectivity index (χ0v) is 11.5. The van der Waals surface area contributed by atoms with E-state index in [9.17, 15) is 14.4 Å². The number of nitrogens with two attached hydrogens (primary N) is 1. The quantitative estimate of drug-likeness (QED) is 0.726. The number of hydrogen-bond donors (Lipinski definition) is 3. The molecule has 1 rings (SSSR count). The van der Waals surface area contributed by atoms with Crippen LogP contribution in [0.2, 0.25) is 0 Å². The van der Waals surface area contributed by atoms with Gasteiger partial charge in [-0.1, -0.05) is 13.8 Å². The summed E-state index contributed by atoms with van der Waals surface area (Å²) in [5.74, 6) is -2.06. The molecule has 2 amide bonds. The predicted molar refractivity (Wildman–Crippen MR) is 71.2 cm³/mol. The summed E-state index contributed by atoms with van der Waals surface area (Å²) in [5.41, 5.74) is 5.33. The van der Waals surface area contributed by atoms with Gasteiger partial charge in [0.15, 0.2) is 0 Å². The smallest absolute Gasteiger partial charge is 0.326 e. The molecule has 0 aliphatic rings. The Hall–Kier alpha value is -1.89. The average Bonchev–Trinajstić information content (AvgIpc) is 2.76. The molecule has 7 heteroatoms. The molecular weight excluding hydrogens is 268 g/mol. The summed E-state index contributed by atoms with van der Waals surface area (Å²) in [4.78, 5) is 34.1. The maximum absolute atomic E-state index is 11.9. The number of primary amides is 1. The molecule has 0 aliphatic heterocycles. The van der Waals surface area contributed by atoms with Crippen molar-refractivity contribution in [3.8, 4) is 0 Å². The van der Waals surface area contributed by atoms with Crippen LogP contribution in [-0.2, 0) is 4.79 Å². The molecule has 104 valence electrons. The zero-order chi connectivity index (χ0) is 14.6. The molecule has 4 N–H and O–H groups in total. The number of nitrogens with one attached hydrogen (secondary N) is 1. The molecule has 0 fully saturated rings. The second kappa shape index (κ2) is 6.33. The van der Waals surface area contributed by atoms with Crippen molar-refractivity contribution in [2.45, 2.75) is 26.3 Å². The Morgan fingerprint density at radius 2 is 2.05 bits per heavy atom. The van der Waals surface area contributed by atoms with Gasteiger partial charge in [0.1, 0.15) is 6.04 Å². The summed E-state index contributed by atoms with van der Waals surface area (Å²) < 4.78 is 0. The van der Waals surface area contributed by atoms with Crippen LogP contribution in [0.3, 0.4) is 0 Å². The first-order valence-corrected chi connectivity index (χ1v) is 6.61. The molecular formula is C12H16N2O4S. The number of carbonyl (C=O) groups excluding carboxylic acids is 2. The van der Waals surface area contributed by atoms with E-state index in [0.717, 1.165) is 11.3 Å². The highest BCUT2D eigenvalue weighted by Crippen LogP contribution is 2.15. The zero-order valence-electron chi connectivity index (χ0n) is 10.7. The minimum absolute atomic E-state index is 0.144. The van der Waals surface area contributed by atoms with Gasteiger partial charge in [0.25, 0.3) is 5.91 Å². The van der Waals surface area contributed by atoms with Gasteiger partial charge in [-0.3, -0.25) is 9.59 Å². The van der Waals surface area contributed by atoms with E-state index in [1.54, 1.807) is 0 Å². The Bertz CT molecular complexity index is 496. The Balaban J connectivity index is 2.75. The lowest BCUT2D eigenvalue weighted by Gasteiger charge is -2.15. The molecule has 6 nitrogen and oxygen atoms in total. The molecule has 1 aromatic heterocycles. The fourth-order valence-electron chi connectivity index (χ4n) is 1.51. The summed E-state index contributed by atoms with van der Waals surface area (Å²) in [6, 6.07) is 0.419. The number of rotatable bonds is 6. The molecule has 0 spiro atoms. The van der Waals surface area contributed by atoms with Crippen molar-refractivity contribution in [1.82, 2.24) is 5.32 Å². The monoisotopic (exact) mass is 284 g/mol. The van der Waals surface area contributed by atoms with E-state index in [1.165, 1.54) is 11.4 Å². The van der Waals surface area contributed by atoms with Gasteiger partial charge < -0.3 is 16.2 Å². The van der Waals surface area contributed by atoms with Gasteiger partial charge in [-0.2, -0.15) is 0 Å². The van der Waals surface area contributed by atoms with Crippen LogP contribution in [0, 0.1) is 5.92 Å². The molecule has 0 aromatic carbocycles. The highest BCUT2D eigenvalue weighted by atomic mass is 32.1. The normalized spacial score (nSPS) is 12.2. The number of carbonyl (C=O) groups is 3. The molecule has 0 aliphatic carbocycles. The summed E-state index contributed by atoms with van der Waals surface area (Å²) in [7, 11) is 0. The highest BCUT2D eigenvalue weighted by Gasteiger charge is 2.22. The van der Waals surface area contributed by atoms with Crippen molar-refractivity contribution in [2.75, 3.05) is 0 Å². The Labute approximate surface area is 114 Å². The third-order valence-electron chi connectivity index (χ3n) is 2.42. The number of amides is 2. The molecule has 1 aromatic rings. The van der Waals surface area contributed by atoms with E-state index in [-0.39, 0.29) is 16.4 Å². The lowest BCUT2D eigenvalue weighted by Crippen LogP contribution is -2.41. The van der Waals surface area contributed by atoms with Crippen molar-refractivity contribution in [3.63, 3.8) is 0 Å². The SMILES string of the molecule is CC(C)C[C@H](NC(=O)c1cc(C(N)=O)cs1)C(=O)O. The van der Waals surface area contributed by atoms with Crippen molar-refractivity contribution in [1.29, 1.82) is 0 Å². The molecule has 0 saturated heterocycles. The van der Waals surface area contributed by atoms with E-state index in [4.69, 9.17) is 10.8 Å². The summed E-state index contributed by atoms with van der Waals surface area (Å²) in [6.45, 7) is 3.75. The van der Waals surface area contributed by atoms with Gasteiger partial charge in [0.05, 0.1) is 10.4 Å². The van der Waals surface area contributed by atoms with Gasteiger partial charge in [0.2, 0.25) is 5.91 Å². The van der Waals surface area contributed by atoms with Crippen molar-refractivity contribution < 1.29 is 19.5 Å². The van der Waals surface area contributed by atoms with Crippen LogP contribution in [0.1, 0.15) is 40.3 Å². The molecule has 0 radical (unpaired) electrons. The van der Waals surface area contributed by atoms with Gasteiger partial charge in [0, 0.05) is 5.38 Å². The summed E-state index contributed by atoms with van der Waals surface area (Å²) in [5, 5.41) is 12.9. The lowest BCUT2D eigenvalue weighted by atomic mass is 10.0. The van der Waals surface area contributed by atoms with Gasteiger partial charge in [-0.25, -0.2) is 4.79 Å². The largest absolute Gasteiger partial charge is 0.480 e. The number of hydrogen-bond acceptors (Lipinski definition) is 4. The Morgan fingerprint density at radius 3 is 2.47 bits per heavy atom. The second-order valence-electron chi connectivity index (χ2n) is 4.56. The number of carboxylic acid groups (broad SMARTS) is 1. The van der Waals surface area contributed by atoms with Crippen LogP contribution in [0.25, 0.3) is 0 Å². The maximum atomic E-state index is 11.9. The standard InChI is InChI=1S/C12H16N2O4S/c1-6(2)3-8(12(17)18)14-11(16)9-4-7(5-19-9)10(13)15/h4-6,8H,3H2,1-2H3,(H2,13,15)(H,14,16)(H,17,18)/t8-/m0/s1. The van der Waals surface area contributed by atoms with Crippen LogP contribution in [0.15, 0.2) is 11.4 Å². The number of thiophene rings is 1. The van der Waals surface area contributed by atoms with Crippen molar-refractivity contribution in [2.24, 2.45) is 11.7 Å². The molecule has 0 bridgehead atoms. The Kier molecular flexibility index (Phi) is 5.05. The van der Waals surface area contributed by atoms with Gasteiger partial charge in [-0.05, 0) is 18.4 Å². The third-order valence-corrected chi connectivity index (χ3v) is 3.35. The Morgan fingerprint density at radius 1 is 1.42 bits per heavy atom. The summed E-state index contributed by atoms with van der Waals surface area (Å²) in [6.07, 6.45) is 0.342. The minimum atomic E-state index is -1.08. The fraction of sp³-hybridized carbons (Fsp3) is 0.417. The maximum Gasteiger partial charge on any atom is 0.326 e. The van der Waals surface area contributed by atoms with Crippen LogP contribution < -0.4 is 11.1 Å². The van der Waals surface area contributed by atoms with Gasteiger partial charge in [-0.15, -0.1) is 11.3 Å². The minimum Gasteiger partial charge on any atom is -0.480 e. The molecule has 0 unspecified atom stereocenters. The first kappa shape index (κ1) is 15.2. The third kappa shape index (κ3) is 4.36. The average molecular weight is 284 g/mol. The first-order valence-electron chi connectivity index (χ1n) is 5.73. The van der Waals surface area contributed by atoms with Crippen LogP contribution in [0.5, 0.6) is 0 Å². The fourth-order valence-corrected chi connectivity index (χ4v) is 2.31. The van der Waals surface area contributed by atoms with E-state index in [2.05, 4.69) is 5.32 Å². The molecule has 1 atom stereocenters. The molecule has 1 heterocycles. The van der Waals surface area contributed by atoms with E-state index in [0.29, 0.717) is 6.42 Å².